The van der Waals surface area contributed by atoms with E-state index < -0.39 is 17.1 Å². The molecule has 0 aromatic carbocycles. The van der Waals surface area contributed by atoms with Crippen molar-refractivity contribution in [2.75, 3.05) is 32.8 Å². The molecule has 8 fully saturated rings. The summed E-state index contributed by atoms with van der Waals surface area (Å²) < 4.78 is 38.2. The molecule has 9 aliphatic rings. The van der Waals surface area contributed by atoms with Crippen LogP contribution in [0.5, 0.6) is 0 Å². The average molecular weight is 1020 g/mol. The van der Waals surface area contributed by atoms with Gasteiger partial charge in [0.15, 0.2) is 5.78 Å². The fourth-order valence-electron chi connectivity index (χ4n) is 17.8. The van der Waals surface area contributed by atoms with E-state index in [4.69, 9.17) is 9.47 Å². The van der Waals surface area contributed by atoms with Crippen LogP contribution in [0.15, 0.2) is 29.5 Å². The van der Waals surface area contributed by atoms with Gasteiger partial charge in [-0.25, -0.2) is 9.37 Å². The maximum Gasteiger partial charge on any atom is 0.230 e. The van der Waals surface area contributed by atoms with Gasteiger partial charge >= 0.3 is 0 Å². The van der Waals surface area contributed by atoms with E-state index in [0.29, 0.717) is 59.0 Å². The van der Waals surface area contributed by atoms with Crippen LogP contribution in [0.25, 0.3) is 0 Å². The summed E-state index contributed by atoms with van der Waals surface area (Å²) in [6, 6.07) is 0. The Morgan fingerprint density at radius 2 is 1.18 bits per heavy atom. The summed E-state index contributed by atoms with van der Waals surface area (Å²) in [5.41, 5.74) is -0.378. The molecule has 388 valence electrons. The maximum atomic E-state index is 13.3. The van der Waals surface area contributed by atoms with Crippen molar-refractivity contribution in [1.82, 2.24) is 9.55 Å². The van der Waals surface area contributed by atoms with Crippen molar-refractivity contribution in [2.24, 2.45) is 85.8 Å². The first-order valence-corrected chi connectivity index (χ1v) is 26.5. The molecule has 0 bridgehead atoms. The number of rotatable bonds is 9. The Kier molecular flexibility index (Phi) is 18.5. The lowest BCUT2D eigenvalue weighted by Crippen LogP contribution is -2.58. The lowest BCUT2D eigenvalue weighted by molar-refractivity contribution is -0.175. The summed E-state index contributed by atoms with van der Waals surface area (Å²) in [5, 5.41) is 22.0. The number of allylic oxidation sites excluding steroid dienone is 1. The van der Waals surface area contributed by atoms with Gasteiger partial charge in [0.1, 0.15) is 11.6 Å². The number of ketones is 2. The molecule has 16 atom stereocenters. The lowest BCUT2D eigenvalue weighted by atomic mass is 9.43. The Hall–Kier alpha value is -1.86. The number of carbonyl (C=O) groups is 2. The molecule has 0 spiro atoms. The van der Waals surface area contributed by atoms with E-state index in [0.717, 1.165) is 89.8 Å². The number of imidazole rings is 1. The van der Waals surface area contributed by atoms with E-state index in [1.807, 2.05) is 28.1 Å². The summed E-state index contributed by atoms with van der Waals surface area (Å²) in [7, 11) is 3.69. The molecule has 2 heterocycles. The summed E-state index contributed by atoms with van der Waals surface area (Å²) in [5.74, 6) is 5.43. The number of methoxy groups -OCH3 is 2. The average Bonchev–Trinajstić information content (AvgIpc) is 4.07. The Morgan fingerprint density at radius 1 is 0.691 bits per heavy atom. The standard InChI is InChI=1S/C26H39FN2O3.C23H37BrO3.C4H4FN.3CH4/c1-24(31)10-11-26(15-32-3)17(12-24)4-5-18-19-6-7-21(25(19,2)9-8-20(18)26)22(30)13-29-14-23(27)28-16-29;1-21(26)10-11-23(14-27-3)15(12-21)4-5-16-17-6-7-19(20(25)13-24)22(17,2)9-8-18(16)23;5-4-1-2-6-3-4;;;/h14,16-21,31H,4-13,15H2,1-3H3;15-19,26H,4-14H2,1-3H3;2-3H,1H2;3*1H4/t17-,18-,19-,20-,21+,24+,25-,26+;15-,16-,17-,18-,19+,21+,22-,23+;;;;/m00..../s1. The second kappa shape index (κ2) is 22.1. The molecule has 9 nitrogen and oxygen atoms in total. The summed E-state index contributed by atoms with van der Waals surface area (Å²) in [6.07, 6.45) is 25.6. The minimum Gasteiger partial charge on any atom is -0.390 e. The summed E-state index contributed by atoms with van der Waals surface area (Å²) in [6.45, 7) is 10.7. The quantitative estimate of drug-likeness (QED) is 0.236. The number of hydrogen-bond donors (Lipinski definition) is 2. The van der Waals surface area contributed by atoms with Crippen molar-refractivity contribution in [2.45, 2.75) is 190 Å². The van der Waals surface area contributed by atoms with Gasteiger partial charge in [-0.1, -0.05) is 52.1 Å². The van der Waals surface area contributed by atoms with Crippen LogP contribution < -0.4 is 0 Å². The number of Topliss-reactive ketones (excluding diaryl/α,β-unsaturated/α-hetero) is 2. The predicted octanol–water partition coefficient (Wildman–Crippen LogP) is 12.8. The van der Waals surface area contributed by atoms with E-state index >= 15 is 0 Å². The number of halogens is 3. The highest BCUT2D eigenvalue weighted by Gasteiger charge is 2.65. The van der Waals surface area contributed by atoms with Crippen LogP contribution in [-0.4, -0.2) is 81.5 Å². The number of nitrogens with zero attached hydrogens (tertiary/aromatic N) is 3. The first-order chi connectivity index (χ1) is 30.8. The maximum absolute atomic E-state index is 13.3. The molecular formula is C56H92BrF2N3O6. The molecule has 0 unspecified atom stereocenters. The minimum absolute atomic E-state index is 0. The Morgan fingerprint density at radius 3 is 1.56 bits per heavy atom. The number of alkyl halides is 1. The largest absolute Gasteiger partial charge is 0.390 e. The van der Waals surface area contributed by atoms with Gasteiger partial charge < -0.3 is 24.3 Å². The second-order valence-corrected chi connectivity index (χ2v) is 24.5. The molecule has 1 aliphatic heterocycles. The predicted molar refractivity (Wildman–Crippen MR) is 273 cm³/mol. The first-order valence-electron chi connectivity index (χ1n) is 25.4. The number of aromatic nitrogens is 2. The van der Waals surface area contributed by atoms with Gasteiger partial charge in [-0.2, -0.15) is 4.39 Å². The van der Waals surface area contributed by atoms with Crippen LogP contribution in [0.1, 0.15) is 172 Å². The van der Waals surface area contributed by atoms with E-state index in [-0.39, 0.29) is 73.9 Å². The van der Waals surface area contributed by atoms with E-state index in [1.54, 1.807) is 4.57 Å². The number of aliphatic hydroxyl groups is 2. The second-order valence-electron chi connectivity index (χ2n) is 23.9. The third kappa shape index (κ3) is 10.5. The highest BCUT2D eigenvalue weighted by Crippen LogP contribution is 2.70. The molecule has 1 aromatic rings. The molecule has 2 N–H and O–H groups in total. The van der Waals surface area contributed by atoms with Gasteiger partial charge in [-0.3, -0.25) is 14.6 Å². The number of aliphatic imine (C=N–C) groups is 1. The van der Waals surface area contributed by atoms with Gasteiger partial charge in [-0.05, 0) is 198 Å². The van der Waals surface area contributed by atoms with Gasteiger partial charge in [0.25, 0.3) is 0 Å². The normalized spacial score (nSPS) is 43.8. The zero-order valence-corrected chi connectivity index (χ0v) is 41.9. The minimum atomic E-state index is -0.546. The zero-order chi connectivity index (χ0) is 46.6. The van der Waals surface area contributed by atoms with Crippen molar-refractivity contribution in [1.29, 1.82) is 0 Å². The number of fused-ring (bicyclic) bond motifs is 10. The van der Waals surface area contributed by atoms with Gasteiger partial charge in [0.2, 0.25) is 5.95 Å². The van der Waals surface area contributed by atoms with Crippen LogP contribution in [-0.2, 0) is 25.6 Å². The molecule has 1 aromatic heterocycles. The number of hydrogen-bond acceptors (Lipinski definition) is 8. The molecule has 12 heteroatoms. The van der Waals surface area contributed by atoms with Gasteiger partial charge in [0, 0.05) is 38.7 Å². The van der Waals surface area contributed by atoms with Crippen LogP contribution in [0.3, 0.4) is 0 Å². The van der Waals surface area contributed by atoms with Crippen LogP contribution in [0.4, 0.5) is 8.78 Å². The summed E-state index contributed by atoms with van der Waals surface area (Å²) >= 11 is 3.43. The first kappa shape index (κ1) is 57.0. The Balaban J connectivity index is 0.000000219. The molecule has 10 rings (SSSR count). The van der Waals surface area contributed by atoms with Crippen molar-refractivity contribution in [3.05, 3.63) is 30.5 Å². The summed E-state index contributed by atoms with van der Waals surface area (Å²) in [4.78, 5) is 33.0. The fraction of sp³-hybridized carbons (Fsp3) is 0.857. The molecule has 0 saturated heterocycles. The molecular weight excluding hydrogens is 929 g/mol. The van der Waals surface area contributed by atoms with Crippen molar-refractivity contribution in [3.63, 3.8) is 0 Å². The molecule has 8 saturated carbocycles. The third-order valence-corrected chi connectivity index (χ3v) is 21.1. The fourth-order valence-corrected chi connectivity index (χ4v) is 18.1. The lowest BCUT2D eigenvalue weighted by Gasteiger charge is -2.62. The smallest absolute Gasteiger partial charge is 0.230 e. The monoisotopic (exact) mass is 1020 g/mol. The van der Waals surface area contributed by atoms with E-state index in [9.17, 15) is 28.6 Å². The topological polar surface area (TPSA) is 123 Å². The van der Waals surface area contributed by atoms with Crippen molar-refractivity contribution < 1.29 is 38.1 Å². The van der Waals surface area contributed by atoms with E-state index in [1.165, 1.54) is 69.9 Å². The van der Waals surface area contributed by atoms with Gasteiger partial charge in [-0.15, -0.1) is 0 Å². The highest BCUT2D eigenvalue weighted by atomic mass is 79.9. The van der Waals surface area contributed by atoms with Crippen molar-refractivity contribution >= 4 is 33.7 Å². The number of ether oxygens (including phenoxy) is 2. The van der Waals surface area contributed by atoms with Crippen LogP contribution in [0.2, 0.25) is 0 Å². The molecule has 68 heavy (non-hydrogen) atoms. The number of carbonyl (C=O) groups excluding carboxylic acids is 2. The zero-order valence-electron chi connectivity index (χ0n) is 40.3. The van der Waals surface area contributed by atoms with Crippen LogP contribution >= 0.6 is 15.9 Å². The van der Waals surface area contributed by atoms with Crippen LogP contribution in [0, 0.1) is 86.8 Å². The Bertz CT molecular complexity index is 1940. The molecule has 0 radical (unpaired) electrons. The molecule has 8 aliphatic carbocycles. The SMILES string of the molecule is C.C.C.COC[C@]12CC[C@@](C)(O)C[C@@H]1CC[C@H]1[C@@H]3CC[C@H](C(=O)CBr)[C@@]3(C)CC[C@@H]12.COC[C@]12CC[C@@](C)(O)C[C@@H]1CC[C@H]1[C@@H]3CC[C@H](C(=O)Cn4cnc(F)c4)[C@@]3(C)CC[C@@H]12.FC1=CN=CC1. The molecule has 0 amide bonds. The highest BCUT2D eigenvalue weighted by molar-refractivity contribution is 9.09. The van der Waals surface area contributed by atoms with Gasteiger partial charge in [0.05, 0.1) is 55.0 Å². The Labute approximate surface area is 418 Å². The third-order valence-electron chi connectivity index (χ3n) is 20.6. The van der Waals surface area contributed by atoms with Crippen molar-refractivity contribution in [3.8, 4) is 0 Å². The van der Waals surface area contributed by atoms with E-state index in [2.05, 4.69) is 39.8 Å².